The molecule has 6 heterocycles. The average Bonchev–Trinajstić information content (AvgIpc) is 3.98. The van der Waals surface area contributed by atoms with E-state index in [4.69, 9.17) is 19.9 Å². The van der Waals surface area contributed by atoms with Crippen LogP contribution in [0.15, 0.2) is 110 Å². The molecule has 1 aliphatic rings. The fraction of sp³-hybridized carbons (Fsp3) is 0.279. The molecule has 0 aliphatic heterocycles. The highest BCUT2D eigenvalue weighted by molar-refractivity contribution is 6.12. The molecule has 1 aliphatic carbocycles. The lowest BCUT2D eigenvalue weighted by Crippen LogP contribution is -2.16. The molecule has 0 saturated carbocycles. The van der Waals surface area contributed by atoms with E-state index in [-0.39, 0.29) is 21.7 Å². The maximum Gasteiger partial charge on any atom is 0.147 e. The van der Waals surface area contributed by atoms with Gasteiger partial charge < -0.3 is 0 Å². The van der Waals surface area contributed by atoms with Crippen LogP contribution in [0.25, 0.3) is 101 Å². The molecule has 0 fully saturated rings. The van der Waals surface area contributed by atoms with Gasteiger partial charge in [0.2, 0.25) is 0 Å². The number of rotatable bonds is 4. The lowest BCUT2D eigenvalue weighted by atomic mass is 9.81. The Bertz CT molecular complexity index is 3540. The van der Waals surface area contributed by atoms with Gasteiger partial charge in [0.1, 0.15) is 11.3 Å². The van der Waals surface area contributed by atoms with Crippen LogP contribution in [-0.4, -0.2) is 28.7 Å². The summed E-state index contributed by atoms with van der Waals surface area (Å²) in [6, 6.07) is 35.5. The molecule has 6 aromatic heterocycles. The van der Waals surface area contributed by atoms with Crippen molar-refractivity contribution >= 4 is 67.3 Å². The van der Waals surface area contributed by atoms with Crippen molar-refractivity contribution in [3.8, 4) is 33.6 Å². The SMILES string of the molecule is C=Cc1cccc(-c2cc3nc(C(C)(C)C)ccc3c3nc4c5c(c(C(C)(C)C)cc4n23)Cc2c(C(C)(C)C)cc3c(nc4c6ccc(C(C)(C)C)nc6cc(-c6cccc(C=C)c6)n34)c2-5)c1. The van der Waals surface area contributed by atoms with Gasteiger partial charge in [-0.1, -0.05) is 145 Å². The molecule has 6 heteroatoms. The molecule has 10 aromatic rings. The van der Waals surface area contributed by atoms with Crippen LogP contribution >= 0.6 is 0 Å². The first-order valence-corrected chi connectivity index (χ1v) is 23.8. The number of aromatic nitrogens is 6. The summed E-state index contributed by atoms with van der Waals surface area (Å²) in [6.07, 6.45) is 4.64. The van der Waals surface area contributed by atoms with E-state index in [1.54, 1.807) is 0 Å². The molecule has 6 nitrogen and oxygen atoms in total. The number of benzene rings is 4. The van der Waals surface area contributed by atoms with Crippen molar-refractivity contribution in [2.24, 2.45) is 0 Å². The standard InChI is InChI=1S/C61H60N6/c1-15-34-19-17-21-36(27-34)46-32-44-38(23-25-50(62-44)60(9,10)11)56-64-54-48(66(46)56)30-42(58(3,4)5)40-29-41-43(59(6,7)8)31-49-55(53(41)52(40)54)65-57-39-24-26-51(61(12,13)14)63-45(39)33-47(67(49)57)37-22-18-20-35(16-2)28-37/h15-28,30-33H,1-2,29H2,3-14H3. The minimum atomic E-state index is -0.177. The van der Waals surface area contributed by atoms with E-state index in [1.165, 1.54) is 33.4 Å². The fourth-order valence-electron chi connectivity index (χ4n) is 10.6. The van der Waals surface area contributed by atoms with Crippen molar-refractivity contribution in [1.82, 2.24) is 28.7 Å². The van der Waals surface area contributed by atoms with Crippen molar-refractivity contribution < 1.29 is 0 Å². The van der Waals surface area contributed by atoms with Crippen LogP contribution in [0.3, 0.4) is 0 Å². The van der Waals surface area contributed by atoms with Crippen molar-refractivity contribution in [2.45, 2.75) is 111 Å². The van der Waals surface area contributed by atoms with Crippen molar-refractivity contribution in [2.75, 3.05) is 0 Å². The van der Waals surface area contributed by atoms with Crippen LogP contribution in [0, 0.1) is 0 Å². The predicted octanol–water partition coefficient (Wildman–Crippen LogP) is 15.8. The first kappa shape index (κ1) is 42.7. The molecule has 0 atom stereocenters. The first-order valence-electron chi connectivity index (χ1n) is 23.8. The number of pyridine rings is 4. The van der Waals surface area contributed by atoms with Gasteiger partial charge >= 0.3 is 0 Å². The van der Waals surface area contributed by atoms with Crippen LogP contribution < -0.4 is 0 Å². The van der Waals surface area contributed by atoms with Gasteiger partial charge in [-0.2, -0.15) is 0 Å². The van der Waals surface area contributed by atoms with Crippen molar-refractivity contribution in [1.29, 1.82) is 0 Å². The number of fused-ring (bicyclic) bond motifs is 15. The van der Waals surface area contributed by atoms with Crippen LogP contribution in [0.5, 0.6) is 0 Å². The van der Waals surface area contributed by atoms with Gasteiger partial charge in [0, 0.05) is 44.1 Å². The van der Waals surface area contributed by atoms with E-state index < -0.39 is 0 Å². The lowest BCUT2D eigenvalue weighted by Gasteiger charge is -2.24. The monoisotopic (exact) mass is 876 g/mol. The summed E-state index contributed by atoms with van der Waals surface area (Å²) in [5.41, 5.74) is 23.4. The highest BCUT2D eigenvalue weighted by Crippen LogP contribution is 2.52. The lowest BCUT2D eigenvalue weighted by molar-refractivity contribution is 0.571. The van der Waals surface area contributed by atoms with Gasteiger partial charge in [0.05, 0.1) is 44.5 Å². The number of nitrogens with zero attached hydrogens (tertiary/aromatic N) is 6. The summed E-state index contributed by atoms with van der Waals surface area (Å²) in [4.78, 5) is 22.4. The zero-order valence-electron chi connectivity index (χ0n) is 41.2. The smallest absolute Gasteiger partial charge is 0.147 e. The molecule has 0 bridgehead atoms. The maximum atomic E-state index is 5.83. The summed E-state index contributed by atoms with van der Waals surface area (Å²) < 4.78 is 4.80. The third-order valence-electron chi connectivity index (χ3n) is 14.1. The van der Waals surface area contributed by atoms with E-state index in [0.29, 0.717) is 0 Å². The zero-order chi connectivity index (χ0) is 47.3. The molecular formula is C61H60N6. The molecule has 0 unspecified atom stereocenters. The third kappa shape index (κ3) is 6.58. The van der Waals surface area contributed by atoms with E-state index in [0.717, 1.165) is 107 Å². The van der Waals surface area contributed by atoms with Crippen LogP contribution in [0.2, 0.25) is 0 Å². The van der Waals surface area contributed by atoms with Gasteiger partial charge in [0.15, 0.2) is 0 Å². The largest absolute Gasteiger partial charge is 0.292 e. The second-order valence-corrected chi connectivity index (χ2v) is 23.0. The Kier molecular flexibility index (Phi) is 9.11. The number of hydrogen-bond acceptors (Lipinski definition) is 4. The minimum absolute atomic E-state index is 0.121. The Labute approximate surface area is 394 Å². The second kappa shape index (κ2) is 14.3. The molecule has 0 spiro atoms. The molecular weight excluding hydrogens is 817 g/mol. The molecule has 4 aromatic carbocycles. The Hall–Kier alpha value is -6.92. The summed E-state index contributed by atoms with van der Waals surface area (Å²) in [6.45, 7) is 35.7. The first-order chi connectivity index (χ1) is 31.6. The molecule has 11 rings (SSSR count). The Morgan fingerprint density at radius 1 is 0.463 bits per heavy atom. The van der Waals surface area contributed by atoms with E-state index in [9.17, 15) is 0 Å². The molecule has 67 heavy (non-hydrogen) atoms. The van der Waals surface area contributed by atoms with Crippen LogP contribution in [0.1, 0.15) is 128 Å². The Morgan fingerprint density at radius 3 is 1.22 bits per heavy atom. The quantitative estimate of drug-likeness (QED) is 0.177. The topological polar surface area (TPSA) is 60.4 Å². The van der Waals surface area contributed by atoms with Gasteiger partial charge in [-0.3, -0.25) is 18.8 Å². The van der Waals surface area contributed by atoms with Gasteiger partial charge in [-0.05, 0) is 122 Å². The maximum absolute atomic E-state index is 5.83. The predicted molar refractivity (Wildman–Crippen MR) is 284 cm³/mol. The molecule has 0 amide bonds. The highest BCUT2D eigenvalue weighted by atomic mass is 15.0. The van der Waals surface area contributed by atoms with Gasteiger partial charge in [-0.25, -0.2) is 9.97 Å². The molecule has 0 N–H and O–H groups in total. The Balaban J connectivity index is 1.34. The van der Waals surface area contributed by atoms with Gasteiger partial charge in [0.25, 0.3) is 0 Å². The normalized spacial score (nSPS) is 13.4. The van der Waals surface area contributed by atoms with E-state index in [2.05, 4.69) is 202 Å². The van der Waals surface area contributed by atoms with Crippen LogP contribution in [-0.2, 0) is 28.1 Å². The number of hydrogen-bond donors (Lipinski definition) is 0. The van der Waals surface area contributed by atoms with Gasteiger partial charge in [-0.15, -0.1) is 0 Å². The minimum Gasteiger partial charge on any atom is -0.292 e. The summed E-state index contributed by atoms with van der Waals surface area (Å²) >= 11 is 0. The second-order valence-electron chi connectivity index (χ2n) is 23.0. The van der Waals surface area contributed by atoms with Crippen molar-refractivity contribution in [3.05, 3.63) is 155 Å². The average molecular weight is 877 g/mol. The molecule has 334 valence electrons. The zero-order valence-corrected chi connectivity index (χ0v) is 41.2. The molecule has 0 saturated heterocycles. The van der Waals surface area contributed by atoms with E-state index in [1.807, 2.05) is 12.2 Å². The number of imidazole rings is 2. The van der Waals surface area contributed by atoms with Crippen molar-refractivity contribution in [3.63, 3.8) is 0 Å². The fourth-order valence-corrected chi connectivity index (χ4v) is 10.6. The summed E-state index contributed by atoms with van der Waals surface area (Å²) in [5, 5.41) is 2.05. The summed E-state index contributed by atoms with van der Waals surface area (Å²) in [7, 11) is 0. The van der Waals surface area contributed by atoms with E-state index >= 15 is 0 Å². The van der Waals surface area contributed by atoms with Crippen LogP contribution in [0.4, 0.5) is 0 Å². The Morgan fingerprint density at radius 2 is 0.866 bits per heavy atom. The summed E-state index contributed by atoms with van der Waals surface area (Å²) in [5.74, 6) is 0. The highest BCUT2D eigenvalue weighted by Gasteiger charge is 2.37. The molecule has 0 radical (unpaired) electrons. The third-order valence-corrected chi connectivity index (χ3v) is 14.1.